The molecule has 5 heavy (non-hydrogen) atoms. The zero-order valence-electron chi connectivity index (χ0n) is 2.71. The SMILES string of the molecule is N#C[O-].[K+].[Ru]. The molecule has 0 unspecified atom stereocenters. The van der Waals surface area contributed by atoms with Crippen LogP contribution >= 0.6 is 0 Å². The predicted molar refractivity (Wildman–Crippen MR) is 5.61 cm³/mol. The Morgan fingerprint density at radius 2 is 1.60 bits per heavy atom. The van der Waals surface area contributed by atoms with Crippen LogP contribution in [0.2, 0.25) is 0 Å². The largest absolute Gasteiger partial charge is 1.00 e. The summed E-state index contributed by atoms with van der Waals surface area (Å²) < 4.78 is 0. The molecule has 0 fully saturated rings. The normalized spacial score (nSPS) is 1.40. The van der Waals surface area contributed by atoms with Crippen molar-refractivity contribution in [2.75, 3.05) is 0 Å². The number of hydrogen-bond donors (Lipinski definition) is 0. The Labute approximate surface area is 85.7 Å². The van der Waals surface area contributed by atoms with Crippen molar-refractivity contribution in [3.05, 3.63) is 0 Å². The minimum absolute atomic E-state index is 0. The Balaban J connectivity index is -0.0000000200. The summed E-state index contributed by atoms with van der Waals surface area (Å²) in [4.78, 5) is 0. The smallest absolute Gasteiger partial charge is 0.812 e. The van der Waals surface area contributed by atoms with Gasteiger partial charge in [0.05, 0.1) is 0 Å². The standard InChI is InChI=1S/CHNO.K.Ru/c2-1-3;;/h3H;;/q;+1;/p-1. The molecule has 0 bridgehead atoms. The van der Waals surface area contributed by atoms with E-state index >= 15 is 0 Å². The summed E-state index contributed by atoms with van der Waals surface area (Å²) in [6.45, 7) is 0. The van der Waals surface area contributed by atoms with Crippen molar-refractivity contribution in [3.63, 3.8) is 0 Å². The van der Waals surface area contributed by atoms with Crippen molar-refractivity contribution in [1.82, 2.24) is 0 Å². The molecule has 2 nitrogen and oxygen atoms in total. The van der Waals surface area contributed by atoms with E-state index in [0.717, 1.165) is 0 Å². The maximum atomic E-state index is 8.24. The summed E-state index contributed by atoms with van der Waals surface area (Å²) in [7, 11) is 0. The van der Waals surface area contributed by atoms with Crippen LogP contribution in [0, 0.1) is 11.5 Å². The summed E-state index contributed by atoms with van der Waals surface area (Å²) in [5, 5.41) is 15.0. The van der Waals surface area contributed by atoms with Crippen LogP contribution in [0.15, 0.2) is 0 Å². The molecule has 4 heteroatoms. The molecule has 0 rings (SSSR count). The van der Waals surface area contributed by atoms with Crippen molar-refractivity contribution >= 4 is 0 Å². The van der Waals surface area contributed by atoms with Gasteiger partial charge < -0.3 is 5.11 Å². The van der Waals surface area contributed by atoms with Gasteiger partial charge in [-0.25, -0.2) is 5.26 Å². The summed E-state index contributed by atoms with van der Waals surface area (Å²) in [5.74, 6) is 0. The van der Waals surface area contributed by atoms with E-state index in [-0.39, 0.29) is 70.9 Å². The van der Waals surface area contributed by atoms with Gasteiger partial charge >= 0.3 is 51.4 Å². The first-order chi connectivity index (χ1) is 1.41. The molecule has 0 aromatic heterocycles. The average Bonchev–Trinajstić information content (AvgIpc) is 0.918. The second-order valence-corrected chi connectivity index (χ2v) is 0.0913. The molecule has 0 aromatic rings. The molecule has 0 saturated heterocycles. The maximum Gasteiger partial charge on any atom is 1.00 e. The fourth-order valence-corrected chi connectivity index (χ4v) is 0. The first-order valence-corrected chi connectivity index (χ1v) is 0.428. The van der Waals surface area contributed by atoms with Gasteiger partial charge in [-0.3, -0.25) is 0 Å². The Hall–Kier alpha value is 1.55. The topological polar surface area (TPSA) is 46.8 Å². The van der Waals surface area contributed by atoms with Crippen LogP contribution in [0.4, 0.5) is 0 Å². The molecule has 0 amide bonds. The molecule has 0 aliphatic carbocycles. The van der Waals surface area contributed by atoms with E-state index in [0.29, 0.717) is 6.26 Å². The Morgan fingerprint density at radius 3 is 1.60 bits per heavy atom. The molecule has 0 heterocycles. The van der Waals surface area contributed by atoms with Gasteiger partial charge in [0.15, 0.2) is 0 Å². The molecule has 0 spiro atoms. The quantitative estimate of drug-likeness (QED) is 0.282. The maximum absolute atomic E-state index is 8.24. The minimum Gasteiger partial charge on any atom is -0.812 e. The van der Waals surface area contributed by atoms with Gasteiger partial charge in [-0.05, 0) is 0 Å². The zero-order valence-corrected chi connectivity index (χ0v) is 7.57. The van der Waals surface area contributed by atoms with E-state index in [2.05, 4.69) is 0 Å². The molecule has 0 N–H and O–H groups in total. The van der Waals surface area contributed by atoms with Crippen molar-refractivity contribution in [1.29, 1.82) is 5.26 Å². The van der Waals surface area contributed by atoms with Gasteiger partial charge in [0.2, 0.25) is 0 Å². The van der Waals surface area contributed by atoms with Gasteiger partial charge in [-0.15, -0.1) is 0 Å². The Bertz CT molecular complexity index is 33.1. The fourth-order valence-electron chi connectivity index (χ4n) is 0. The summed E-state index contributed by atoms with van der Waals surface area (Å²) >= 11 is 0. The molecule has 0 aliphatic heterocycles. The van der Waals surface area contributed by atoms with Gasteiger partial charge in [0.1, 0.15) is 0 Å². The van der Waals surface area contributed by atoms with E-state index in [1.165, 1.54) is 0 Å². The van der Waals surface area contributed by atoms with Crippen LogP contribution in [-0.4, -0.2) is 0 Å². The fraction of sp³-hybridized carbons (Fsp3) is 0. The summed E-state index contributed by atoms with van der Waals surface area (Å²) in [5.41, 5.74) is 0. The van der Waals surface area contributed by atoms with E-state index in [1.54, 1.807) is 0 Å². The van der Waals surface area contributed by atoms with E-state index in [4.69, 9.17) is 10.4 Å². The molecule has 0 radical (unpaired) electrons. The molecule has 24 valence electrons. The van der Waals surface area contributed by atoms with Crippen molar-refractivity contribution in [3.8, 4) is 6.26 Å². The first kappa shape index (κ1) is 16.0. The third-order valence-electron chi connectivity index (χ3n) is 0. The Kier molecular flexibility index (Phi) is 56.6. The van der Waals surface area contributed by atoms with Gasteiger partial charge in [-0.1, -0.05) is 0 Å². The van der Waals surface area contributed by atoms with Crippen molar-refractivity contribution < 1.29 is 76.0 Å². The first-order valence-electron chi connectivity index (χ1n) is 0.428. The molecular weight excluding hydrogens is 182 g/mol. The Morgan fingerprint density at radius 1 is 1.60 bits per heavy atom. The van der Waals surface area contributed by atoms with Crippen molar-refractivity contribution in [2.45, 2.75) is 0 Å². The molecule has 0 atom stereocenters. The summed E-state index contributed by atoms with van der Waals surface area (Å²) in [6.07, 6.45) is 0.500. The van der Waals surface area contributed by atoms with Gasteiger partial charge in [0, 0.05) is 25.7 Å². The van der Waals surface area contributed by atoms with E-state index < -0.39 is 0 Å². The molecular formula is CKNORu. The number of rotatable bonds is 0. The second-order valence-electron chi connectivity index (χ2n) is 0.0913. The number of hydrogen-bond acceptors (Lipinski definition) is 2. The van der Waals surface area contributed by atoms with Crippen LogP contribution in [-0.2, 0) is 19.5 Å². The minimum atomic E-state index is 0. The van der Waals surface area contributed by atoms with Crippen LogP contribution in [0.5, 0.6) is 0 Å². The molecule has 0 saturated carbocycles. The predicted octanol–water partition coefficient (Wildman–Crippen LogP) is -4.17. The van der Waals surface area contributed by atoms with E-state index in [9.17, 15) is 0 Å². The third-order valence-corrected chi connectivity index (χ3v) is 0. The summed E-state index contributed by atoms with van der Waals surface area (Å²) in [6, 6.07) is 0. The van der Waals surface area contributed by atoms with Crippen LogP contribution in [0.3, 0.4) is 0 Å². The zero-order chi connectivity index (χ0) is 2.71. The van der Waals surface area contributed by atoms with Gasteiger partial charge in [0.25, 0.3) is 0 Å². The average molecular weight is 182 g/mol. The van der Waals surface area contributed by atoms with Crippen molar-refractivity contribution in [2.24, 2.45) is 0 Å². The van der Waals surface area contributed by atoms with Crippen LogP contribution < -0.4 is 56.5 Å². The second kappa shape index (κ2) is 17.7. The molecule has 0 aromatic carbocycles. The number of nitriles is 1. The third kappa shape index (κ3) is 29.1. The van der Waals surface area contributed by atoms with E-state index in [1.807, 2.05) is 0 Å². The van der Waals surface area contributed by atoms with Crippen LogP contribution in [0.1, 0.15) is 0 Å². The number of nitrogens with zero attached hydrogens (tertiary/aromatic N) is 1. The van der Waals surface area contributed by atoms with Crippen LogP contribution in [0.25, 0.3) is 0 Å². The van der Waals surface area contributed by atoms with Gasteiger partial charge in [-0.2, -0.15) is 0 Å². The molecule has 0 aliphatic rings. The monoisotopic (exact) mass is 183 g/mol.